The van der Waals surface area contributed by atoms with Crippen molar-refractivity contribution in [1.82, 2.24) is 9.62 Å². The number of aryl methyl sites for hydroxylation is 1. The first-order chi connectivity index (χ1) is 12.7. The minimum absolute atomic E-state index is 0.0584. The molecule has 1 fully saturated rings. The summed E-state index contributed by atoms with van der Waals surface area (Å²) in [6, 6.07) is 9.55. The van der Waals surface area contributed by atoms with E-state index in [0.717, 1.165) is 18.4 Å². The molecule has 0 heterocycles. The minimum Gasteiger partial charge on any atom is -0.331 e. The van der Waals surface area contributed by atoms with Gasteiger partial charge in [0, 0.05) is 23.7 Å². The zero-order chi connectivity index (χ0) is 19.8. The molecule has 27 heavy (non-hydrogen) atoms. The second kappa shape index (κ2) is 7.40. The third kappa shape index (κ3) is 4.04. The quantitative estimate of drug-likeness (QED) is 0.824. The number of halogens is 1. The van der Waals surface area contributed by atoms with Gasteiger partial charge >= 0.3 is 0 Å². The summed E-state index contributed by atoms with van der Waals surface area (Å²) in [6.45, 7) is 3.65. The molecule has 0 bridgehead atoms. The molecule has 2 aromatic rings. The number of carbonyl (C=O) groups is 1. The molecule has 7 heteroatoms. The number of rotatable bonds is 6. The van der Waals surface area contributed by atoms with Gasteiger partial charge in [0.1, 0.15) is 5.82 Å². The number of hydrogen-bond donors (Lipinski definition) is 1. The lowest BCUT2D eigenvalue weighted by Gasteiger charge is -2.24. The summed E-state index contributed by atoms with van der Waals surface area (Å²) in [7, 11) is -2.34. The monoisotopic (exact) mass is 390 g/mol. The second-order valence-electron chi connectivity index (χ2n) is 6.88. The Morgan fingerprint density at radius 3 is 2.48 bits per heavy atom. The van der Waals surface area contributed by atoms with Gasteiger partial charge in [-0.05, 0) is 63.1 Å². The van der Waals surface area contributed by atoms with Gasteiger partial charge < -0.3 is 4.90 Å². The van der Waals surface area contributed by atoms with Crippen molar-refractivity contribution in [1.29, 1.82) is 0 Å². The predicted octanol–water partition coefficient (Wildman–Crippen LogP) is 3.16. The summed E-state index contributed by atoms with van der Waals surface area (Å²) in [5, 5.41) is 0. The zero-order valence-corrected chi connectivity index (χ0v) is 16.4. The van der Waals surface area contributed by atoms with Crippen LogP contribution in [0.2, 0.25) is 0 Å². The van der Waals surface area contributed by atoms with Crippen LogP contribution in [0, 0.1) is 19.7 Å². The Bertz CT molecular complexity index is 985. The molecule has 1 aliphatic carbocycles. The maximum absolute atomic E-state index is 14.1. The second-order valence-corrected chi connectivity index (χ2v) is 8.73. The first-order valence-corrected chi connectivity index (χ1v) is 10.3. The van der Waals surface area contributed by atoms with Crippen molar-refractivity contribution >= 4 is 15.9 Å². The van der Waals surface area contributed by atoms with Crippen molar-refractivity contribution in [3.63, 3.8) is 0 Å². The van der Waals surface area contributed by atoms with Gasteiger partial charge in [-0.25, -0.2) is 17.5 Å². The van der Waals surface area contributed by atoms with Crippen LogP contribution >= 0.6 is 0 Å². The number of carbonyl (C=O) groups excluding carboxylic acids is 1. The fourth-order valence-electron chi connectivity index (χ4n) is 3.07. The fourth-order valence-corrected chi connectivity index (χ4v) is 4.13. The topological polar surface area (TPSA) is 66.5 Å². The van der Waals surface area contributed by atoms with E-state index in [1.165, 1.54) is 19.2 Å². The third-order valence-electron chi connectivity index (χ3n) is 4.97. The van der Waals surface area contributed by atoms with Gasteiger partial charge in [-0.2, -0.15) is 0 Å². The van der Waals surface area contributed by atoms with E-state index in [0.29, 0.717) is 16.7 Å². The van der Waals surface area contributed by atoms with Gasteiger partial charge in [-0.15, -0.1) is 0 Å². The summed E-state index contributed by atoms with van der Waals surface area (Å²) < 4.78 is 41.0. The molecular formula is C20H23FN2O3S. The van der Waals surface area contributed by atoms with Gasteiger partial charge in [0.05, 0.1) is 4.90 Å². The first-order valence-electron chi connectivity index (χ1n) is 8.83. The number of benzene rings is 2. The average molecular weight is 390 g/mol. The SMILES string of the molecule is CNS(=O)(=O)c1cc(C(=O)N(Cc2ccccc2F)C2CC2)cc(C)c1C. The molecule has 0 radical (unpaired) electrons. The summed E-state index contributed by atoms with van der Waals surface area (Å²) >= 11 is 0. The highest BCUT2D eigenvalue weighted by atomic mass is 32.2. The molecule has 0 spiro atoms. The van der Waals surface area contributed by atoms with Crippen molar-refractivity contribution in [2.24, 2.45) is 0 Å². The van der Waals surface area contributed by atoms with Gasteiger partial charge in [0.25, 0.3) is 5.91 Å². The van der Waals surface area contributed by atoms with E-state index in [1.807, 2.05) is 0 Å². The zero-order valence-electron chi connectivity index (χ0n) is 15.6. The van der Waals surface area contributed by atoms with E-state index < -0.39 is 10.0 Å². The highest BCUT2D eigenvalue weighted by Crippen LogP contribution is 2.31. The Morgan fingerprint density at radius 1 is 1.22 bits per heavy atom. The Kier molecular flexibility index (Phi) is 5.35. The van der Waals surface area contributed by atoms with Crippen molar-refractivity contribution in [2.45, 2.75) is 44.2 Å². The van der Waals surface area contributed by atoms with Crippen molar-refractivity contribution in [3.05, 3.63) is 64.5 Å². The lowest BCUT2D eigenvalue weighted by atomic mass is 10.0. The maximum Gasteiger partial charge on any atom is 0.254 e. The Hall–Kier alpha value is -2.25. The number of nitrogens with one attached hydrogen (secondary N) is 1. The number of nitrogens with zero attached hydrogens (tertiary/aromatic N) is 1. The van der Waals surface area contributed by atoms with E-state index in [1.54, 1.807) is 43.0 Å². The Labute approximate surface area is 159 Å². The molecule has 3 rings (SSSR count). The molecule has 0 atom stereocenters. The highest BCUT2D eigenvalue weighted by Gasteiger charge is 2.34. The van der Waals surface area contributed by atoms with E-state index in [-0.39, 0.29) is 29.2 Å². The molecule has 0 aromatic heterocycles. The summed E-state index contributed by atoms with van der Waals surface area (Å²) in [5.74, 6) is -0.633. The maximum atomic E-state index is 14.1. The van der Waals surface area contributed by atoms with Crippen molar-refractivity contribution in [3.8, 4) is 0 Å². The average Bonchev–Trinajstić information content (AvgIpc) is 3.47. The predicted molar refractivity (Wildman–Crippen MR) is 101 cm³/mol. The van der Waals surface area contributed by atoms with Crippen molar-refractivity contribution in [2.75, 3.05) is 7.05 Å². The van der Waals surface area contributed by atoms with Crippen LogP contribution < -0.4 is 4.72 Å². The Morgan fingerprint density at radius 2 is 1.89 bits per heavy atom. The van der Waals surface area contributed by atoms with Crippen LogP contribution in [0.15, 0.2) is 41.3 Å². The Balaban J connectivity index is 1.99. The number of hydrogen-bond acceptors (Lipinski definition) is 3. The van der Waals surface area contributed by atoms with E-state index in [4.69, 9.17) is 0 Å². The van der Waals surface area contributed by atoms with Crippen LogP contribution in [-0.4, -0.2) is 32.3 Å². The fraction of sp³-hybridized carbons (Fsp3) is 0.350. The van der Waals surface area contributed by atoms with Gasteiger partial charge in [0.15, 0.2) is 0 Å². The normalized spacial score (nSPS) is 14.2. The summed E-state index contributed by atoms with van der Waals surface area (Å²) in [6.07, 6.45) is 1.74. The van der Waals surface area contributed by atoms with Gasteiger partial charge in [0.2, 0.25) is 10.0 Å². The molecule has 0 saturated heterocycles. The molecule has 1 amide bonds. The van der Waals surface area contributed by atoms with E-state index in [9.17, 15) is 17.6 Å². The molecule has 2 aromatic carbocycles. The first kappa shape index (κ1) is 19.5. The molecule has 0 aliphatic heterocycles. The van der Waals surface area contributed by atoms with E-state index in [2.05, 4.69) is 4.72 Å². The summed E-state index contributed by atoms with van der Waals surface area (Å²) in [5.41, 5.74) is 2.07. The van der Waals surface area contributed by atoms with Crippen LogP contribution in [0.25, 0.3) is 0 Å². The smallest absolute Gasteiger partial charge is 0.254 e. The van der Waals surface area contributed by atoms with Crippen LogP contribution in [0.4, 0.5) is 4.39 Å². The molecule has 1 N–H and O–H groups in total. The van der Waals surface area contributed by atoms with Crippen LogP contribution in [0.1, 0.15) is 39.9 Å². The number of sulfonamides is 1. The lowest BCUT2D eigenvalue weighted by Crippen LogP contribution is -2.33. The van der Waals surface area contributed by atoms with Crippen LogP contribution in [0.3, 0.4) is 0 Å². The van der Waals surface area contributed by atoms with E-state index >= 15 is 0 Å². The van der Waals surface area contributed by atoms with Gasteiger partial charge in [-0.1, -0.05) is 18.2 Å². The minimum atomic E-state index is -3.68. The largest absolute Gasteiger partial charge is 0.331 e. The van der Waals surface area contributed by atoms with Crippen molar-refractivity contribution < 1.29 is 17.6 Å². The number of amides is 1. The molecule has 1 saturated carbocycles. The molecule has 0 unspecified atom stereocenters. The third-order valence-corrected chi connectivity index (χ3v) is 6.51. The lowest BCUT2D eigenvalue weighted by molar-refractivity contribution is 0.0728. The molecule has 5 nitrogen and oxygen atoms in total. The molecule has 1 aliphatic rings. The van der Waals surface area contributed by atoms with Crippen LogP contribution in [0.5, 0.6) is 0 Å². The van der Waals surface area contributed by atoms with Gasteiger partial charge in [-0.3, -0.25) is 4.79 Å². The standard InChI is InChI=1S/C20H23FN2O3S/c1-13-10-16(11-19(14(13)2)27(25,26)22-3)20(24)23(17-8-9-17)12-15-6-4-5-7-18(15)21/h4-7,10-11,17,22H,8-9,12H2,1-3H3. The summed E-state index contributed by atoms with van der Waals surface area (Å²) in [4.78, 5) is 14.9. The van der Waals surface area contributed by atoms with Crippen LogP contribution in [-0.2, 0) is 16.6 Å². The molecule has 144 valence electrons. The molecular weight excluding hydrogens is 367 g/mol. The highest BCUT2D eigenvalue weighted by molar-refractivity contribution is 7.89.